The molecule has 1 N–H and O–H groups in total. The topological polar surface area (TPSA) is 33.1 Å². The van der Waals surface area contributed by atoms with Gasteiger partial charge in [-0.1, -0.05) is 33.7 Å². The van der Waals surface area contributed by atoms with E-state index in [0.717, 1.165) is 5.69 Å². The first-order valence-electron chi connectivity index (χ1n) is 4.39. The first-order valence-corrected chi connectivity index (χ1v) is 6.66. The van der Waals surface area contributed by atoms with Crippen LogP contribution in [0.5, 0.6) is 0 Å². The second-order valence-electron chi connectivity index (χ2n) is 2.51. The van der Waals surface area contributed by atoms with Crippen molar-refractivity contribution in [2.75, 3.05) is 6.61 Å². The van der Waals surface area contributed by atoms with E-state index in [1.165, 1.54) is 0 Å². The minimum atomic E-state index is 0.250. The van der Waals surface area contributed by atoms with Gasteiger partial charge in [-0.3, -0.25) is 4.98 Å². The van der Waals surface area contributed by atoms with Gasteiger partial charge in [0.25, 0.3) is 0 Å². The van der Waals surface area contributed by atoms with Gasteiger partial charge in [-0.25, -0.2) is 0 Å². The van der Waals surface area contributed by atoms with E-state index in [2.05, 4.69) is 22.5 Å². The standard InChI is InChI=1S/C8H7NS2.C2H6O/c1-2-5-9-7(3-1)8-4-6-10-11-8;1-2-3/h1-6,8H;3H,2H2,1H3. The summed E-state index contributed by atoms with van der Waals surface area (Å²) < 4.78 is 0. The molecule has 1 aromatic heterocycles. The second kappa shape index (κ2) is 6.92. The maximum absolute atomic E-state index is 7.57. The van der Waals surface area contributed by atoms with Gasteiger partial charge < -0.3 is 5.11 Å². The van der Waals surface area contributed by atoms with E-state index >= 15 is 0 Å². The van der Waals surface area contributed by atoms with Gasteiger partial charge in [0, 0.05) is 12.8 Å². The molecule has 0 aliphatic carbocycles. The summed E-state index contributed by atoms with van der Waals surface area (Å²) in [7, 11) is 3.61. The van der Waals surface area contributed by atoms with Crippen molar-refractivity contribution in [1.29, 1.82) is 0 Å². The minimum Gasteiger partial charge on any atom is -0.397 e. The van der Waals surface area contributed by atoms with Gasteiger partial charge >= 0.3 is 0 Å². The lowest BCUT2D eigenvalue weighted by molar-refractivity contribution is 0.318. The summed E-state index contributed by atoms with van der Waals surface area (Å²) in [6, 6.07) is 6.04. The number of pyridine rings is 1. The number of rotatable bonds is 1. The Bertz CT molecular complexity index is 277. The van der Waals surface area contributed by atoms with Gasteiger partial charge in [0.2, 0.25) is 0 Å². The maximum Gasteiger partial charge on any atom is 0.0765 e. The van der Waals surface area contributed by atoms with Crippen LogP contribution in [-0.4, -0.2) is 16.7 Å². The average Bonchev–Trinajstić information content (AvgIpc) is 2.73. The largest absolute Gasteiger partial charge is 0.397 e. The van der Waals surface area contributed by atoms with Crippen LogP contribution < -0.4 is 0 Å². The maximum atomic E-state index is 7.57. The zero-order valence-corrected chi connectivity index (χ0v) is 9.59. The number of hydrogen-bond donors (Lipinski definition) is 1. The highest BCUT2D eigenvalue weighted by Crippen LogP contribution is 2.44. The summed E-state index contributed by atoms with van der Waals surface area (Å²) in [6.07, 6.45) is 4.02. The molecular formula is C10H13NOS2. The van der Waals surface area contributed by atoms with Crippen molar-refractivity contribution in [3.05, 3.63) is 41.6 Å². The smallest absolute Gasteiger partial charge is 0.0765 e. The molecule has 14 heavy (non-hydrogen) atoms. The van der Waals surface area contributed by atoms with E-state index < -0.39 is 0 Å². The third kappa shape index (κ3) is 3.74. The number of aliphatic hydroxyl groups is 1. The quantitative estimate of drug-likeness (QED) is 0.748. The summed E-state index contributed by atoms with van der Waals surface area (Å²) in [4.78, 5) is 4.28. The Labute approximate surface area is 92.2 Å². The average molecular weight is 227 g/mol. The van der Waals surface area contributed by atoms with Crippen molar-refractivity contribution in [1.82, 2.24) is 4.98 Å². The van der Waals surface area contributed by atoms with Gasteiger partial charge in [0.05, 0.1) is 10.9 Å². The van der Waals surface area contributed by atoms with Gasteiger partial charge in [0.1, 0.15) is 0 Å². The SMILES string of the molecule is C1=CC(c2ccccn2)SS1.CCO. The van der Waals surface area contributed by atoms with Crippen molar-refractivity contribution in [3.8, 4) is 0 Å². The van der Waals surface area contributed by atoms with Crippen LogP contribution in [-0.2, 0) is 0 Å². The van der Waals surface area contributed by atoms with Crippen LogP contribution in [0, 0.1) is 0 Å². The Morgan fingerprint density at radius 2 is 2.29 bits per heavy atom. The molecule has 0 radical (unpaired) electrons. The minimum absolute atomic E-state index is 0.250. The molecule has 0 spiro atoms. The summed E-state index contributed by atoms with van der Waals surface area (Å²) in [5.74, 6) is 0. The van der Waals surface area contributed by atoms with Crippen molar-refractivity contribution in [3.63, 3.8) is 0 Å². The van der Waals surface area contributed by atoms with E-state index in [1.807, 2.05) is 29.1 Å². The monoisotopic (exact) mass is 227 g/mol. The lowest BCUT2D eigenvalue weighted by atomic mass is 10.3. The summed E-state index contributed by atoms with van der Waals surface area (Å²) >= 11 is 0. The molecule has 1 unspecified atom stereocenters. The predicted octanol–water partition coefficient (Wildman–Crippen LogP) is 3.03. The fourth-order valence-electron chi connectivity index (χ4n) is 0.920. The van der Waals surface area contributed by atoms with E-state index in [-0.39, 0.29) is 6.61 Å². The van der Waals surface area contributed by atoms with E-state index in [0.29, 0.717) is 5.25 Å². The molecule has 1 aliphatic heterocycles. The van der Waals surface area contributed by atoms with E-state index in [9.17, 15) is 0 Å². The second-order valence-corrected chi connectivity index (χ2v) is 4.83. The molecule has 0 saturated carbocycles. The van der Waals surface area contributed by atoms with Crippen LogP contribution in [0.15, 0.2) is 35.9 Å². The fraction of sp³-hybridized carbons (Fsp3) is 0.300. The van der Waals surface area contributed by atoms with Crippen molar-refractivity contribution in [2.45, 2.75) is 12.2 Å². The molecule has 1 aromatic rings. The molecule has 1 atom stereocenters. The van der Waals surface area contributed by atoms with Crippen LogP contribution >= 0.6 is 21.6 Å². The molecule has 76 valence electrons. The highest BCUT2D eigenvalue weighted by Gasteiger charge is 2.13. The Balaban J connectivity index is 0.000000293. The van der Waals surface area contributed by atoms with Crippen molar-refractivity contribution in [2.24, 2.45) is 0 Å². The highest BCUT2D eigenvalue weighted by atomic mass is 33.1. The summed E-state index contributed by atoms with van der Waals surface area (Å²) in [5, 5.41) is 10.1. The lowest BCUT2D eigenvalue weighted by Gasteiger charge is -2.02. The lowest BCUT2D eigenvalue weighted by Crippen LogP contribution is -1.88. The third-order valence-electron chi connectivity index (χ3n) is 1.45. The number of nitrogens with zero attached hydrogens (tertiary/aromatic N) is 1. The van der Waals surface area contributed by atoms with Gasteiger partial charge in [-0.15, -0.1) is 0 Å². The van der Waals surface area contributed by atoms with Crippen LogP contribution in [0.3, 0.4) is 0 Å². The van der Waals surface area contributed by atoms with Crippen LogP contribution in [0.4, 0.5) is 0 Å². The first-order chi connectivity index (χ1) is 6.88. The zero-order chi connectivity index (χ0) is 10.2. The zero-order valence-electron chi connectivity index (χ0n) is 7.96. The molecule has 0 saturated heterocycles. The Hall–Kier alpha value is -0.450. The molecule has 4 heteroatoms. The van der Waals surface area contributed by atoms with Crippen molar-refractivity contribution < 1.29 is 5.11 Å². The molecule has 0 fully saturated rings. The molecule has 0 bridgehead atoms. The van der Waals surface area contributed by atoms with E-state index in [1.54, 1.807) is 17.7 Å². The summed E-state index contributed by atoms with van der Waals surface area (Å²) in [5.41, 5.74) is 1.15. The molecule has 2 heterocycles. The first kappa shape index (κ1) is 11.6. The highest BCUT2D eigenvalue weighted by molar-refractivity contribution is 8.78. The van der Waals surface area contributed by atoms with Gasteiger partial charge in [0.15, 0.2) is 0 Å². The van der Waals surface area contributed by atoms with Gasteiger partial charge in [-0.2, -0.15) is 0 Å². The molecule has 0 amide bonds. The normalized spacial score (nSPS) is 18.9. The van der Waals surface area contributed by atoms with E-state index in [4.69, 9.17) is 5.11 Å². The van der Waals surface area contributed by atoms with Crippen molar-refractivity contribution >= 4 is 21.6 Å². The molecule has 1 aliphatic rings. The van der Waals surface area contributed by atoms with Crippen LogP contribution in [0.1, 0.15) is 17.9 Å². The van der Waals surface area contributed by atoms with Crippen LogP contribution in [0.25, 0.3) is 0 Å². The number of aliphatic hydroxyl groups excluding tert-OH is 1. The molecule has 2 nitrogen and oxygen atoms in total. The Morgan fingerprint density at radius 1 is 1.50 bits per heavy atom. The summed E-state index contributed by atoms with van der Waals surface area (Å²) in [6.45, 7) is 1.93. The Kier molecular flexibility index (Phi) is 5.75. The van der Waals surface area contributed by atoms with Crippen LogP contribution in [0.2, 0.25) is 0 Å². The Morgan fingerprint density at radius 3 is 2.79 bits per heavy atom. The number of hydrogen-bond acceptors (Lipinski definition) is 4. The third-order valence-corrected chi connectivity index (χ3v) is 3.72. The molecule has 0 aromatic carbocycles. The number of aromatic nitrogens is 1. The molecular weight excluding hydrogens is 214 g/mol. The van der Waals surface area contributed by atoms with Gasteiger partial charge in [-0.05, 0) is 24.5 Å². The fourth-order valence-corrected chi connectivity index (χ4v) is 3.04. The predicted molar refractivity (Wildman–Crippen MR) is 64.1 cm³/mol. The molecule has 2 rings (SSSR count).